The lowest BCUT2D eigenvalue weighted by Crippen LogP contribution is -2.30. The molecule has 0 amide bonds. The molecule has 38 valence electrons. The second-order valence-electron chi connectivity index (χ2n) is 1.15. The van der Waals surface area contributed by atoms with Gasteiger partial charge in [0.1, 0.15) is 0 Å². The van der Waals surface area contributed by atoms with Gasteiger partial charge in [-0.05, 0) is 0 Å². The Morgan fingerprint density at radius 2 is 2.17 bits per heavy atom. The SMILES string of the molecule is NCC(N)CI. The highest BCUT2D eigenvalue weighted by molar-refractivity contribution is 14.1. The van der Waals surface area contributed by atoms with Crippen molar-refractivity contribution in [1.82, 2.24) is 0 Å². The largest absolute Gasteiger partial charge is 0.329 e. The first-order valence-electron chi connectivity index (χ1n) is 1.83. The molecule has 0 aromatic heterocycles. The minimum Gasteiger partial charge on any atom is -0.329 e. The van der Waals surface area contributed by atoms with Crippen molar-refractivity contribution in [1.29, 1.82) is 0 Å². The number of alkyl halides is 1. The van der Waals surface area contributed by atoms with Gasteiger partial charge in [-0.3, -0.25) is 0 Å². The third kappa shape index (κ3) is 2.87. The second-order valence-corrected chi connectivity index (χ2v) is 2.03. The lowest BCUT2D eigenvalue weighted by Gasteiger charge is -1.98. The summed E-state index contributed by atoms with van der Waals surface area (Å²) in [4.78, 5) is 0. The van der Waals surface area contributed by atoms with Crippen molar-refractivity contribution in [2.75, 3.05) is 11.0 Å². The number of halogens is 1. The van der Waals surface area contributed by atoms with Crippen molar-refractivity contribution < 1.29 is 0 Å². The van der Waals surface area contributed by atoms with E-state index in [0.717, 1.165) is 4.43 Å². The molecule has 0 saturated carbocycles. The first kappa shape index (κ1) is 6.65. The average Bonchev–Trinajstić information content (AvgIpc) is 1.65. The highest BCUT2D eigenvalue weighted by atomic mass is 127. The monoisotopic (exact) mass is 200 g/mol. The average molecular weight is 200 g/mol. The maximum atomic E-state index is 5.34. The minimum atomic E-state index is 0.200. The van der Waals surface area contributed by atoms with Crippen molar-refractivity contribution >= 4 is 22.6 Å². The second kappa shape index (κ2) is 3.83. The van der Waals surface area contributed by atoms with E-state index in [0.29, 0.717) is 6.54 Å². The third-order valence-electron chi connectivity index (χ3n) is 0.501. The summed E-state index contributed by atoms with van der Waals surface area (Å²) >= 11 is 2.21. The molecule has 4 N–H and O–H groups in total. The fourth-order valence-electron chi connectivity index (χ4n) is 0.0630. The first-order valence-corrected chi connectivity index (χ1v) is 3.35. The van der Waals surface area contributed by atoms with Crippen molar-refractivity contribution in [3.05, 3.63) is 0 Å². The molecule has 6 heavy (non-hydrogen) atoms. The van der Waals surface area contributed by atoms with Gasteiger partial charge in [0.25, 0.3) is 0 Å². The Hall–Kier alpha value is 0.650. The molecule has 0 aliphatic heterocycles. The van der Waals surface area contributed by atoms with Crippen LogP contribution in [0.3, 0.4) is 0 Å². The van der Waals surface area contributed by atoms with Crippen LogP contribution in [0.4, 0.5) is 0 Å². The summed E-state index contributed by atoms with van der Waals surface area (Å²) in [7, 11) is 0. The van der Waals surface area contributed by atoms with Gasteiger partial charge in [0, 0.05) is 17.0 Å². The van der Waals surface area contributed by atoms with E-state index in [1.807, 2.05) is 0 Å². The minimum absolute atomic E-state index is 0.200. The normalized spacial score (nSPS) is 14.5. The summed E-state index contributed by atoms with van der Waals surface area (Å²) in [6.07, 6.45) is 0. The lowest BCUT2D eigenvalue weighted by atomic mass is 10.4. The topological polar surface area (TPSA) is 52.0 Å². The quantitative estimate of drug-likeness (QED) is 0.475. The summed E-state index contributed by atoms with van der Waals surface area (Å²) < 4.78 is 0.953. The van der Waals surface area contributed by atoms with Crippen LogP contribution >= 0.6 is 22.6 Å². The third-order valence-corrected chi connectivity index (χ3v) is 1.63. The molecule has 0 rings (SSSR count). The van der Waals surface area contributed by atoms with Crippen LogP contribution in [-0.2, 0) is 0 Å². The Balaban J connectivity index is 2.75. The van der Waals surface area contributed by atoms with Gasteiger partial charge in [-0.25, -0.2) is 0 Å². The summed E-state index contributed by atoms with van der Waals surface area (Å²) in [5.74, 6) is 0. The van der Waals surface area contributed by atoms with Gasteiger partial charge in [-0.15, -0.1) is 0 Å². The van der Waals surface area contributed by atoms with Gasteiger partial charge in [-0.2, -0.15) is 0 Å². The summed E-state index contributed by atoms with van der Waals surface area (Å²) in [6.45, 7) is 0.600. The zero-order valence-corrected chi connectivity index (χ0v) is 5.68. The number of hydrogen-bond acceptors (Lipinski definition) is 2. The molecule has 0 saturated heterocycles. The molecule has 0 aliphatic rings. The van der Waals surface area contributed by atoms with Crippen molar-refractivity contribution in [2.24, 2.45) is 11.5 Å². The predicted molar refractivity (Wildman–Crippen MR) is 35.9 cm³/mol. The molecule has 0 spiro atoms. The lowest BCUT2D eigenvalue weighted by molar-refractivity contribution is 0.773. The smallest absolute Gasteiger partial charge is 0.0253 e. The first-order chi connectivity index (χ1) is 2.81. The van der Waals surface area contributed by atoms with Crippen molar-refractivity contribution in [3.8, 4) is 0 Å². The van der Waals surface area contributed by atoms with Gasteiger partial charge in [0.15, 0.2) is 0 Å². The fourth-order valence-corrected chi connectivity index (χ4v) is 0.423. The van der Waals surface area contributed by atoms with E-state index < -0.39 is 0 Å². The van der Waals surface area contributed by atoms with E-state index in [-0.39, 0.29) is 6.04 Å². The molecule has 3 heteroatoms. The van der Waals surface area contributed by atoms with Crippen LogP contribution in [0.1, 0.15) is 0 Å². The molecule has 0 aromatic carbocycles. The van der Waals surface area contributed by atoms with Gasteiger partial charge in [0.05, 0.1) is 0 Å². The Kier molecular flexibility index (Phi) is 4.24. The van der Waals surface area contributed by atoms with Gasteiger partial charge in [-0.1, -0.05) is 22.6 Å². The van der Waals surface area contributed by atoms with Crippen LogP contribution in [0.25, 0.3) is 0 Å². The van der Waals surface area contributed by atoms with Crippen LogP contribution < -0.4 is 11.5 Å². The van der Waals surface area contributed by atoms with E-state index in [1.54, 1.807) is 0 Å². The van der Waals surface area contributed by atoms with E-state index in [2.05, 4.69) is 22.6 Å². The van der Waals surface area contributed by atoms with E-state index >= 15 is 0 Å². The molecule has 0 radical (unpaired) electrons. The molecule has 0 heterocycles. The highest BCUT2D eigenvalue weighted by Crippen LogP contribution is 1.82. The zero-order valence-electron chi connectivity index (χ0n) is 3.52. The zero-order chi connectivity index (χ0) is 4.99. The summed E-state index contributed by atoms with van der Waals surface area (Å²) in [5.41, 5.74) is 10.5. The van der Waals surface area contributed by atoms with E-state index in [9.17, 15) is 0 Å². The molecule has 0 fully saturated rings. The van der Waals surface area contributed by atoms with Crippen molar-refractivity contribution in [2.45, 2.75) is 6.04 Å². The predicted octanol–water partition coefficient (Wildman–Crippen LogP) is -0.293. The molecular formula is C3H9IN2. The Bertz CT molecular complexity index is 28.0. The van der Waals surface area contributed by atoms with Gasteiger partial charge in [0.2, 0.25) is 0 Å². The Morgan fingerprint density at radius 3 is 2.17 bits per heavy atom. The fraction of sp³-hybridized carbons (Fsp3) is 1.00. The maximum Gasteiger partial charge on any atom is 0.0253 e. The van der Waals surface area contributed by atoms with Crippen LogP contribution in [0.15, 0.2) is 0 Å². The molecule has 1 atom stereocenters. The van der Waals surface area contributed by atoms with Crippen LogP contribution in [0.5, 0.6) is 0 Å². The standard InChI is InChI=1S/C3H9IN2/c4-1-3(6)2-5/h3H,1-2,5-6H2. The van der Waals surface area contributed by atoms with Gasteiger partial charge < -0.3 is 11.5 Å². The van der Waals surface area contributed by atoms with Crippen LogP contribution in [0, 0.1) is 0 Å². The summed E-state index contributed by atoms with van der Waals surface area (Å²) in [6, 6.07) is 0.200. The molecular weight excluding hydrogens is 191 g/mol. The van der Waals surface area contributed by atoms with E-state index in [4.69, 9.17) is 11.5 Å². The highest BCUT2D eigenvalue weighted by Gasteiger charge is 1.90. The number of rotatable bonds is 2. The Labute approximate surface area is 51.4 Å². The number of hydrogen-bond donors (Lipinski definition) is 2. The summed E-state index contributed by atoms with van der Waals surface area (Å²) in [5, 5.41) is 0. The van der Waals surface area contributed by atoms with E-state index in [1.165, 1.54) is 0 Å². The van der Waals surface area contributed by atoms with Crippen LogP contribution in [0.2, 0.25) is 0 Å². The molecule has 1 unspecified atom stereocenters. The Morgan fingerprint density at radius 1 is 1.67 bits per heavy atom. The molecule has 0 bridgehead atoms. The molecule has 0 aromatic rings. The van der Waals surface area contributed by atoms with Crippen molar-refractivity contribution in [3.63, 3.8) is 0 Å². The van der Waals surface area contributed by atoms with Crippen LogP contribution in [-0.4, -0.2) is 17.0 Å². The maximum absolute atomic E-state index is 5.34. The number of nitrogens with two attached hydrogens (primary N) is 2. The molecule has 2 nitrogen and oxygen atoms in total. The van der Waals surface area contributed by atoms with Gasteiger partial charge >= 0.3 is 0 Å². The molecule has 0 aliphatic carbocycles.